The average molecular weight is 282 g/mol. The van der Waals surface area contributed by atoms with E-state index in [9.17, 15) is 4.79 Å². The molecule has 0 bridgehead atoms. The third kappa shape index (κ3) is 4.24. The van der Waals surface area contributed by atoms with Crippen LogP contribution in [0.25, 0.3) is 0 Å². The number of nitrogens with one attached hydrogen (secondary N) is 1. The van der Waals surface area contributed by atoms with E-state index in [1.165, 1.54) is 24.2 Å². The minimum atomic E-state index is 0.0148. The maximum Gasteiger partial charge on any atom is 0.240 e. The first-order chi connectivity index (χ1) is 9.04. The fraction of sp³-hybridized carbons (Fsp3) is 0.769. The van der Waals surface area contributed by atoms with Crippen LogP contribution in [0.1, 0.15) is 44.5 Å². The molecule has 1 N–H and O–H groups in total. The lowest BCUT2D eigenvalue weighted by atomic mass is 9.99. The van der Waals surface area contributed by atoms with Crippen molar-refractivity contribution in [2.75, 3.05) is 25.0 Å². The molecule has 1 aliphatic heterocycles. The van der Waals surface area contributed by atoms with Gasteiger partial charge >= 0.3 is 0 Å². The van der Waals surface area contributed by atoms with Crippen molar-refractivity contribution in [1.82, 2.24) is 15.1 Å². The van der Waals surface area contributed by atoms with Gasteiger partial charge in [0, 0.05) is 5.92 Å². The highest BCUT2D eigenvalue weighted by Gasteiger charge is 2.18. The molecule has 0 spiro atoms. The molecule has 6 heteroatoms. The fourth-order valence-electron chi connectivity index (χ4n) is 2.10. The summed E-state index contributed by atoms with van der Waals surface area (Å²) in [4.78, 5) is 14.1. The zero-order valence-electron chi connectivity index (χ0n) is 11.8. The van der Waals surface area contributed by atoms with E-state index in [4.69, 9.17) is 0 Å². The molecular weight excluding hydrogens is 260 g/mol. The maximum absolute atomic E-state index is 11.9. The third-order valence-corrected chi connectivity index (χ3v) is 4.56. The number of nitrogens with zero attached hydrogens (tertiary/aromatic N) is 3. The number of carbonyl (C=O) groups is 1. The van der Waals surface area contributed by atoms with Gasteiger partial charge in [-0.3, -0.25) is 15.0 Å². The highest BCUT2D eigenvalue weighted by Crippen LogP contribution is 2.22. The normalized spacial score (nSPS) is 17.9. The van der Waals surface area contributed by atoms with Crippen molar-refractivity contribution in [3.8, 4) is 0 Å². The lowest BCUT2D eigenvalue weighted by Crippen LogP contribution is -2.38. The largest absolute Gasteiger partial charge is 0.299 e. The van der Waals surface area contributed by atoms with Gasteiger partial charge in [-0.25, -0.2) is 0 Å². The Morgan fingerprint density at radius 1 is 1.42 bits per heavy atom. The second-order valence-corrected chi connectivity index (χ2v) is 6.62. The van der Waals surface area contributed by atoms with Crippen molar-refractivity contribution in [2.45, 2.75) is 39.5 Å². The molecule has 106 valence electrons. The van der Waals surface area contributed by atoms with Crippen LogP contribution in [-0.4, -0.2) is 40.6 Å². The Kier molecular flexibility index (Phi) is 4.87. The molecule has 0 saturated carbocycles. The molecule has 5 nitrogen and oxygen atoms in total. The van der Waals surface area contributed by atoms with Crippen molar-refractivity contribution in [3.05, 3.63) is 5.01 Å². The first kappa shape index (κ1) is 14.4. The Hall–Kier alpha value is -1.01. The Balaban J connectivity index is 1.80. The summed E-state index contributed by atoms with van der Waals surface area (Å²) in [5, 5.41) is 12.5. The summed E-state index contributed by atoms with van der Waals surface area (Å²) in [6, 6.07) is 0. The number of amides is 1. The van der Waals surface area contributed by atoms with E-state index in [1.807, 2.05) is 0 Å². The zero-order chi connectivity index (χ0) is 13.8. The van der Waals surface area contributed by atoms with E-state index in [2.05, 4.69) is 41.2 Å². The van der Waals surface area contributed by atoms with E-state index in [1.54, 1.807) is 0 Å². The van der Waals surface area contributed by atoms with Crippen LogP contribution in [0.4, 0.5) is 5.13 Å². The van der Waals surface area contributed by atoms with Crippen LogP contribution in [0.5, 0.6) is 0 Å². The molecule has 1 aromatic rings. The molecule has 0 unspecified atom stereocenters. The minimum absolute atomic E-state index is 0.0148. The molecule has 0 aromatic carbocycles. The third-order valence-electron chi connectivity index (χ3n) is 3.42. The molecule has 1 amide bonds. The summed E-state index contributed by atoms with van der Waals surface area (Å²) in [6.45, 7) is 8.90. The summed E-state index contributed by atoms with van der Waals surface area (Å²) >= 11 is 1.46. The van der Waals surface area contributed by atoms with Gasteiger partial charge in [-0.1, -0.05) is 32.1 Å². The molecule has 0 aliphatic carbocycles. The van der Waals surface area contributed by atoms with Crippen LogP contribution < -0.4 is 5.32 Å². The number of rotatable bonds is 4. The van der Waals surface area contributed by atoms with Gasteiger partial charge in [-0.15, -0.1) is 10.2 Å². The highest BCUT2D eigenvalue weighted by atomic mass is 32.1. The van der Waals surface area contributed by atoms with Crippen LogP contribution in [0.2, 0.25) is 0 Å². The van der Waals surface area contributed by atoms with E-state index in [0.717, 1.165) is 24.0 Å². The van der Waals surface area contributed by atoms with Crippen molar-refractivity contribution in [3.63, 3.8) is 0 Å². The topological polar surface area (TPSA) is 58.1 Å². The number of hydrogen-bond acceptors (Lipinski definition) is 5. The Morgan fingerprint density at radius 3 is 2.68 bits per heavy atom. The summed E-state index contributed by atoms with van der Waals surface area (Å²) in [6.07, 6.45) is 2.37. The minimum Gasteiger partial charge on any atom is -0.299 e. The van der Waals surface area contributed by atoms with Gasteiger partial charge in [-0.2, -0.15) is 0 Å². The summed E-state index contributed by atoms with van der Waals surface area (Å²) in [5.74, 6) is 1.16. The number of piperidine rings is 1. The van der Waals surface area contributed by atoms with Gasteiger partial charge in [0.05, 0.1) is 6.54 Å². The fourth-order valence-corrected chi connectivity index (χ4v) is 2.86. The molecular formula is C13H22N4OS. The molecule has 0 atom stereocenters. The SMILES string of the molecule is CC1CCN(CC(=O)Nc2nnc(C(C)C)s2)CC1. The van der Waals surface area contributed by atoms with E-state index >= 15 is 0 Å². The molecule has 1 aromatic heterocycles. The van der Waals surface area contributed by atoms with Gasteiger partial charge in [0.25, 0.3) is 0 Å². The predicted molar refractivity (Wildman–Crippen MR) is 77.5 cm³/mol. The summed E-state index contributed by atoms with van der Waals surface area (Å²) < 4.78 is 0. The van der Waals surface area contributed by atoms with Gasteiger partial charge in [-0.05, 0) is 31.8 Å². The average Bonchev–Trinajstić information content (AvgIpc) is 2.80. The quantitative estimate of drug-likeness (QED) is 0.921. The molecule has 2 rings (SSSR count). The van der Waals surface area contributed by atoms with Crippen LogP contribution in [-0.2, 0) is 4.79 Å². The van der Waals surface area contributed by atoms with Gasteiger partial charge in [0.2, 0.25) is 11.0 Å². The standard InChI is InChI=1S/C13H22N4OS/c1-9(2)12-15-16-13(19-12)14-11(18)8-17-6-4-10(3)5-7-17/h9-10H,4-8H2,1-3H3,(H,14,16,18). The smallest absolute Gasteiger partial charge is 0.240 e. The Morgan fingerprint density at radius 2 is 2.11 bits per heavy atom. The van der Waals surface area contributed by atoms with Crippen molar-refractivity contribution < 1.29 is 4.79 Å². The summed E-state index contributed by atoms with van der Waals surface area (Å²) in [5.41, 5.74) is 0. The molecule has 19 heavy (non-hydrogen) atoms. The maximum atomic E-state index is 11.9. The first-order valence-electron chi connectivity index (χ1n) is 6.90. The van der Waals surface area contributed by atoms with Crippen molar-refractivity contribution >= 4 is 22.4 Å². The lowest BCUT2D eigenvalue weighted by molar-refractivity contribution is -0.117. The molecule has 1 saturated heterocycles. The molecule has 1 aliphatic rings. The van der Waals surface area contributed by atoms with Crippen LogP contribution in [0, 0.1) is 5.92 Å². The van der Waals surface area contributed by atoms with Crippen molar-refractivity contribution in [2.24, 2.45) is 5.92 Å². The Labute approximate surface area is 118 Å². The van der Waals surface area contributed by atoms with E-state index < -0.39 is 0 Å². The van der Waals surface area contributed by atoms with Gasteiger partial charge in [0.1, 0.15) is 5.01 Å². The van der Waals surface area contributed by atoms with Crippen LogP contribution >= 0.6 is 11.3 Å². The van der Waals surface area contributed by atoms with Crippen molar-refractivity contribution in [1.29, 1.82) is 0 Å². The number of aromatic nitrogens is 2. The Bertz CT molecular complexity index is 424. The number of carbonyl (C=O) groups excluding carboxylic acids is 1. The van der Waals surface area contributed by atoms with Gasteiger partial charge < -0.3 is 0 Å². The zero-order valence-corrected chi connectivity index (χ0v) is 12.7. The van der Waals surface area contributed by atoms with Crippen LogP contribution in [0.15, 0.2) is 0 Å². The molecule has 2 heterocycles. The van der Waals surface area contributed by atoms with E-state index in [-0.39, 0.29) is 5.91 Å². The van der Waals surface area contributed by atoms with Crippen LogP contribution in [0.3, 0.4) is 0 Å². The molecule has 1 fully saturated rings. The second kappa shape index (κ2) is 6.43. The lowest BCUT2D eigenvalue weighted by Gasteiger charge is -2.29. The van der Waals surface area contributed by atoms with E-state index in [0.29, 0.717) is 17.6 Å². The number of hydrogen-bond donors (Lipinski definition) is 1. The second-order valence-electron chi connectivity index (χ2n) is 5.61. The highest BCUT2D eigenvalue weighted by molar-refractivity contribution is 7.15. The number of likely N-dealkylation sites (tertiary alicyclic amines) is 1. The predicted octanol–water partition coefficient (Wildman–Crippen LogP) is 2.33. The summed E-state index contributed by atoms with van der Waals surface area (Å²) in [7, 11) is 0. The first-order valence-corrected chi connectivity index (χ1v) is 7.72. The van der Waals surface area contributed by atoms with Gasteiger partial charge in [0.15, 0.2) is 0 Å². The number of anilines is 1. The molecule has 0 radical (unpaired) electrons. The monoisotopic (exact) mass is 282 g/mol.